The van der Waals surface area contributed by atoms with E-state index in [4.69, 9.17) is 4.98 Å². The van der Waals surface area contributed by atoms with Crippen LogP contribution < -0.4 is 15.4 Å². The van der Waals surface area contributed by atoms with Gasteiger partial charge in [0.2, 0.25) is 0 Å². The summed E-state index contributed by atoms with van der Waals surface area (Å²) in [5.74, 6) is 0.858. The van der Waals surface area contributed by atoms with Gasteiger partial charge in [0.1, 0.15) is 5.82 Å². The number of nitrogens with zero attached hydrogens (tertiary/aromatic N) is 5. The molecule has 1 aromatic carbocycles. The Kier molecular flexibility index (Phi) is 3.72. The van der Waals surface area contributed by atoms with Crippen LogP contribution in [0.25, 0.3) is 10.2 Å². The molecule has 0 spiro atoms. The smallest absolute Gasteiger partial charge is 0.266 e. The molecule has 0 atom stereocenters. The summed E-state index contributed by atoms with van der Waals surface area (Å²) in [5, 5.41) is 5.43. The lowest BCUT2D eigenvalue weighted by atomic mass is 10.2. The average molecular weight is 341 g/mol. The number of rotatable bonds is 2. The zero-order valence-electron chi connectivity index (χ0n) is 13.8. The quantitative estimate of drug-likeness (QED) is 0.714. The van der Waals surface area contributed by atoms with Crippen LogP contribution in [0.3, 0.4) is 0 Å². The highest BCUT2D eigenvalue weighted by atomic mass is 32.1. The van der Waals surface area contributed by atoms with E-state index in [0.717, 1.165) is 42.6 Å². The molecule has 1 saturated heterocycles. The van der Waals surface area contributed by atoms with Crippen LogP contribution in [0.4, 0.5) is 10.9 Å². The number of aryl methyl sites for hydroxylation is 2. The van der Waals surface area contributed by atoms with E-state index in [9.17, 15) is 4.79 Å². The van der Waals surface area contributed by atoms with Crippen molar-refractivity contribution in [2.75, 3.05) is 36.0 Å². The Labute approximate surface area is 144 Å². The number of hydrogen-bond acceptors (Lipinski definition) is 6. The van der Waals surface area contributed by atoms with Gasteiger partial charge in [0.05, 0.1) is 10.2 Å². The van der Waals surface area contributed by atoms with Crippen LogP contribution in [0.5, 0.6) is 0 Å². The van der Waals surface area contributed by atoms with E-state index < -0.39 is 0 Å². The topological polar surface area (TPSA) is 54.3 Å². The number of hydrogen-bond donors (Lipinski definition) is 0. The predicted molar refractivity (Wildman–Crippen MR) is 98.3 cm³/mol. The summed E-state index contributed by atoms with van der Waals surface area (Å²) >= 11 is 1.75. The van der Waals surface area contributed by atoms with Gasteiger partial charge in [0.15, 0.2) is 5.13 Å². The first-order chi connectivity index (χ1) is 11.6. The van der Waals surface area contributed by atoms with Gasteiger partial charge in [-0.1, -0.05) is 23.5 Å². The lowest BCUT2D eigenvalue weighted by molar-refractivity contribution is 0.623. The first-order valence-electron chi connectivity index (χ1n) is 8.02. The summed E-state index contributed by atoms with van der Waals surface area (Å²) in [4.78, 5) is 20.8. The van der Waals surface area contributed by atoms with Crippen LogP contribution in [0.1, 0.15) is 5.56 Å². The molecule has 6 nitrogen and oxygen atoms in total. The molecule has 0 N–H and O–H groups in total. The molecule has 3 heterocycles. The predicted octanol–water partition coefficient (Wildman–Crippen LogP) is 2.03. The van der Waals surface area contributed by atoms with Gasteiger partial charge in [-0.25, -0.2) is 9.67 Å². The number of para-hydroxylation sites is 1. The highest BCUT2D eigenvalue weighted by Crippen LogP contribution is 2.31. The first kappa shape index (κ1) is 15.1. The summed E-state index contributed by atoms with van der Waals surface area (Å²) in [6, 6.07) is 9.70. The Morgan fingerprint density at radius 1 is 1.04 bits per heavy atom. The van der Waals surface area contributed by atoms with E-state index in [-0.39, 0.29) is 5.56 Å². The van der Waals surface area contributed by atoms with E-state index in [1.165, 1.54) is 14.9 Å². The molecule has 2 aromatic heterocycles. The summed E-state index contributed by atoms with van der Waals surface area (Å²) in [7, 11) is 1.69. The van der Waals surface area contributed by atoms with Gasteiger partial charge in [0.25, 0.3) is 5.56 Å². The van der Waals surface area contributed by atoms with E-state index in [0.29, 0.717) is 0 Å². The molecule has 1 aliphatic rings. The van der Waals surface area contributed by atoms with E-state index in [1.54, 1.807) is 30.5 Å². The van der Waals surface area contributed by atoms with Crippen LogP contribution in [0.2, 0.25) is 0 Å². The van der Waals surface area contributed by atoms with Crippen LogP contribution in [0.15, 0.2) is 35.1 Å². The molecule has 0 bridgehead atoms. The second-order valence-corrected chi connectivity index (χ2v) is 7.05. The second kappa shape index (κ2) is 5.90. The average Bonchev–Trinajstić information content (AvgIpc) is 3.03. The minimum absolute atomic E-state index is 0.0813. The summed E-state index contributed by atoms with van der Waals surface area (Å²) in [5.41, 5.74) is 2.25. The van der Waals surface area contributed by atoms with Crippen molar-refractivity contribution >= 4 is 32.5 Å². The van der Waals surface area contributed by atoms with E-state index in [1.807, 2.05) is 0 Å². The minimum Gasteiger partial charge on any atom is -0.352 e. The third kappa shape index (κ3) is 2.65. The number of thiazole rings is 1. The molecule has 7 heteroatoms. The molecule has 4 rings (SSSR count). The van der Waals surface area contributed by atoms with Crippen molar-refractivity contribution in [1.29, 1.82) is 0 Å². The molecule has 0 aliphatic carbocycles. The Morgan fingerprint density at radius 3 is 2.50 bits per heavy atom. The standard InChI is InChI=1S/C17H19N5OS/c1-12-4-3-5-13-16(12)18-17(24-13)22-10-8-21(9-11-22)14-6-7-15(23)20(2)19-14/h3-7H,8-11H2,1-2H3. The van der Waals surface area contributed by atoms with Crippen molar-refractivity contribution < 1.29 is 0 Å². The highest BCUT2D eigenvalue weighted by molar-refractivity contribution is 7.22. The zero-order valence-corrected chi connectivity index (χ0v) is 14.6. The number of aromatic nitrogens is 3. The summed E-state index contributed by atoms with van der Waals surface area (Å²) in [6.07, 6.45) is 0. The largest absolute Gasteiger partial charge is 0.352 e. The normalized spacial score (nSPS) is 15.2. The van der Waals surface area contributed by atoms with Gasteiger partial charge < -0.3 is 9.80 Å². The van der Waals surface area contributed by atoms with Crippen molar-refractivity contribution in [2.45, 2.75) is 6.92 Å². The fraction of sp³-hybridized carbons (Fsp3) is 0.353. The number of piperazine rings is 1. The van der Waals surface area contributed by atoms with Crippen molar-refractivity contribution in [3.8, 4) is 0 Å². The molecule has 24 heavy (non-hydrogen) atoms. The van der Waals surface area contributed by atoms with Crippen molar-refractivity contribution in [2.24, 2.45) is 7.05 Å². The molecule has 1 fully saturated rings. The first-order valence-corrected chi connectivity index (χ1v) is 8.84. The van der Waals surface area contributed by atoms with Crippen molar-refractivity contribution in [3.63, 3.8) is 0 Å². The Balaban J connectivity index is 1.51. The van der Waals surface area contributed by atoms with Gasteiger partial charge in [0, 0.05) is 39.3 Å². The van der Waals surface area contributed by atoms with Gasteiger partial charge >= 0.3 is 0 Å². The Hall–Kier alpha value is -2.41. The summed E-state index contributed by atoms with van der Waals surface area (Å²) in [6.45, 7) is 5.67. The lowest BCUT2D eigenvalue weighted by Crippen LogP contribution is -2.47. The fourth-order valence-electron chi connectivity index (χ4n) is 3.00. The maximum absolute atomic E-state index is 11.5. The SMILES string of the molecule is Cc1cccc2sc(N3CCN(c4ccc(=O)n(C)n4)CC3)nc12. The second-order valence-electron chi connectivity index (χ2n) is 6.05. The van der Waals surface area contributed by atoms with Crippen molar-refractivity contribution in [3.05, 3.63) is 46.2 Å². The zero-order chi connectivity index (χ0) is 16.7. The third-order valence-electron chi connectivity index (χ3n) is 4.43. The van der Waals surface area contributed by atoms with Gasteiger partial charge in [-0.3, -0.25) is 4.79 Å². The lowest BCUT2D eigenvalue weighted by Gasteiger charge is -2.35. The van der Waals surface area contributed by atoms with E-state index >= 15 is 0 Å². The maximum atomic E-state index is 11.5. The maximum Gasteiger partial charge on any atom is 0.266 e. The third-order valence-corrected chi connectivity index (χ3v) is 5.51. The minimum atomic E-state index is -0.0813. The summed E-state index contributed by atoms with van der Waals surface area (Å²) < 4.78 is 2.63. The Bertz CT molecular complexity index is 940. The molecule has 0 saturated carbocycles. The monoisotopic (exact) mass is 341 g/mol. The number of benzene rings is 1. The van der Waals surface area contributed by atoms with Gasteiger partial charge in [-0.05, 0) is 24.6 Å². The molecule has 1 aliphatic heterocycles. The fourth-order valence-corrected chi connectivity index (χ4v) is 4.09. The number of fused-ring (bicyclic) bond motifs is 1. The molecule has 0 unspecified atom stereocenters. The molecular formula is C17H19N5OS. The van der Waals surface area contributed by atoms with Crippen LogP contribution >= 0.6 is 11.3 Å². The molecule has 0 radical (unpaired) electrons. The molecule has 124 valence electrons. The highest BCUT2D eigenvalue weighted by Gasteiger charge is 2.21. The van der Waals surface area contributed by atoms with Crippen LogP contribution in [-0.4, -0.2) is 40.9 Å². The van der Waals surface area contributed by atoms with Gasteiger partial charge in [-0.15, -0.1) is 0 Å². The van der Waals surface area contributed by atoms with Crippen molar-refractivity contribution in [1.82, 2.24) is 14.8 Å². The number of anilines is 2. The van der Waals surface area contributed by atoms with E-state index in [2.05, 4.69) is 40.0 Å². The van der Waals surface area contributed by atoms with Gasteiger partial charge in [-0.2, -0.15) is 5.10 Å². The molecule has 3 aromatic rings. The van der Waals surface area contributed by atoms with Crippen LogP contribution in [0, 0.1) is 6.92 Å². The molecular weight excluding hydrogens is 322 g/mol. The Morgan fingerprint density at radius 2 is 1.79 bits per heavy atom. The van der Waals surface area contributed by atoms with Crippen LogP contribution in [-0.2, 0) is 7.05 Å². The molecule has 0 amide bonds.